The maximum atomic E-state index is 14.1. The van der Waals surface area contributed by atoms with Crippen LogP contribution in [0.3, 0.4) is 0 Å². The third kappa shape index (κ3) is 4.50. The monoisotopic (exact) mass is 500 g/mol. The first kappa shape index (κ1) is 23.1. The molecular weight excluding hydrogens is 487 g/mol. The van der Waals surface area contributed by atoms with Crippen LogP contribution in [0.25, 0.3) is 22.3 Å². The highest BCUT2D eigenvalue weighted by atomic mass is 19.4. The van der Waals surface area contributed by atoms with Crippen LogP contribution in [0.5, 0.6) is 11.5 Å². The number of nitrogens with one attached hydrogen (secondary N) is 1. The molecule has 0 aliphatic carbocycles. The van der Waals surface area contributed by atoms with E-state index in [0.717, 1.165) is 24.3 Å². The zero-order valence-electron chi connectivity index (χ0n) is 17.9. The smallest absolute Gasteiger partial charge is 0.420 e. The highest BCUT2D eigenvalue weighted by molar-refractivity contribution is 5.79. The molecule has 2 aromatic heterocycles. The predicted molar refractivity (Wildman–Crippen MR) is 116 cm³/mol. The fourth-order valence-corrected chi connectivity index (χ4v) is 3.60. The van der Waals surface area contributed by atoms with Gasteiger partial charge < -0.3 is 9.30 Å². The Balaban J connectivity index is 1.51. The summed E-state index contributed by atoms with van der Waals surface area (Å²) >= 11 is 0. The number of hydrogen-bond donors (Lipinski definition) is 1. The molecule has 0 atom stereocenters. The molecule has 0 aliphatic rings. The number of hydrogen-bond acceptors (Lipinski definition) is 6. The maximum Gasteiger partial charge on any atom is 0.420 e. The minimum absolute atomic E-state index is 0.0260. The number of rotatable bonds is 5. The molecule has 0 amide bonds. The second-order valence-electron chi connectivity index (χ2n) is 7.64. The molecule has 5 aromatic rings. The predicted octanol–water partition coefficient (Wildman–Crippen LogP) is 4.71. The molecule has 0 spiro atoms. The van der Waals surface area contributed by atoms with Gasteiger partial charge in [-0.25, -0.2) is 8.78 Å². The molecular formula is C23H13F5N6O2. The van der Waals surface area contributed by atoms with Gasteiger partial charge in [0.15, 0.2) is 0 Å². The lowest BCUT2D eigenvalue weighted by atomic mass is 10.1. The number of aromatic amines is 1. The lowest BCUT2D eigenvalue weighted by molar-refractivity contribution is -0.138. The van der Waals surface area contributed by atoms with E-state index < -0.39 is 34.7 Å². The van der Waals surface area contributed by atoms with Crippen molar-refractivity contribution in [3.63, 3.8) is 0 Å². The Morgan fingerprint density at radius 3 is 2.56 bits per heavy atom. The molecule has 182 valence electrons. The van der Waals surface area contributed by atoms with Crippen molar-refractivity contribution in [2.45, 2.75) is 12.7 Å². The van der Waals surface area contributed by atoms with Crippen LogP contribution in [0, 0.1) is 11.6 Å². The third-order valence-corrected chi connectivity index (χ3v) is 5.29. The van der Waals surface area contributed by atoms with Crippen molar-refractivity contribution in [3.8, 4) is 22.9 Å². The van der Waals surface area contributed by atoms with Crippen molar-refractivity contribution in [2.24, 2.45) is 0 Å². The topological polar surface area (TPSA) is 98.6 Å². The Morgan fingerprint density at radius 2 is 1.83 bits per heavy atom. The SMILES string of the molecule is O=c1ncn(Cc2ccc(F)cc2F)c2ccc(Oc3ccc(-c4nn[nH]n4)cc3C(F)(F)F)cc12. The van der Waals surface area contributed by atoms with Gasteiger partial charge in [-0.1, -0.05) is 6.07 Å². The summed E-state index contributed by atoms with van der Waals surface area (Å²) in [5, 5.41) is 12.9. The number of tetrazole rings is 1. The van der Waals surface area contributed by atoms with Crippen LogP contribution in [-0.2, 0) is 12.7 Å². The summed E-state index contributed by atoms with van der Waals surface area (Å²) in [6.45, 7) is -0.0636. The molecule has 0 aliphatic heterocycles. The zero-order chi connectivity index (χ0) is 25.4. The van der Waals surface area contributed by atoms with Gasteiger partial charge in [-0.3, -0.25) is 4.79 Å². The molecule has 8 nitrogen and oxygen atoms in total. The number of fused-ring (bicyclic) bond motifs is 1. The first-order chi connectivity index (χ1) is 17.2. The summed E-state index contributed by atoms with van der Waals surface area (Å²) in [6.07, 6.45) is -3.56. The normalized spacial score (nSPS) is 11.7. The Labute approximate surface area is 198 Å². The van der Waals surface area contributed by atoms with Gasteiger partial charge in [0, 0.05) is 17.2 Å². The molecule has 1 N–H and O–H groups in total. The van der Waals surface area contributed by atoms with Gasteiger partial charge in [0.1, 0.15) is 23.1 Å². The van der Waals surface area contributed by atoms with Gasteiger partial charge in [0.2, 0.25) is 5.82 Å². The first-order valence-electron chi connectivity index (χ1n) is 10.2. The third-order valence-electron chi connectivity index (χ3n) is 5.29. The van der Waals surface area contributed by atoms with Crippen LogP contribution in [0.15, 0.2) is 65.7 Å². The van der Waals surface area contributed by atoms with Gasteiger partial charge in [0.25, 0.3) is 5.56 Å². The van der Waals surface area contributed by atoms with Crippen molar-refractivity contribution < 1.29 is 26.7 Å². The summed E-state index contributed by atoms with van der Waals surface area (Å²) in [5.74, 6) is -2.09. The van der Waals surface area contributed by atoms with Crippen molar-refractivity contribution in [2.75, 3.05) is 0 Å². The minimum atomic E-state index is -4.76. The second-order valence-corrected chi connectivity index (χ2v) is 7.64. The summed E-state index contributed by atoms with van der Waals surface area (Å²) in [7, 11) is 0. The van der Waals surface area contributed by atoms with Crippen molar-refractivity contribution in [1.82, 2.24) is 30.2 Å². The number of nitrogens with zero attached hydrogens (tertiary/aromatic N) is 5. The number of aromatic nitrogens is 6. The van der Waals surface area contributed by atoms with E-state index in [0.29, 0.717) is 5.52 Å². The van der Waals surface area contributed by atoms with Gasteiger partial charge >= 0.3 is 6.18 Å². The van der Waals surface area contributed by atoms with Crippen LogP contribution in [0.1, 0.15) is 11.1 Å². The van der Waals surface area contributed by atoms with Gasteiger partial charge in [0.05, 0.1) is 29.3 Å². The van der Waals surface area contributed by atoms with E-state index in [9.17, 15) is 26.7 Å². The minimum Gasteiger partial charge on any atom is -0.457 e. The summed E-state index contributed by atoms with van der Waals surface area (Å²) in [4.78, 5) is 16.1. The summed E-state index contributed by atoms with van der Waals surface area (Å²) in [6, 6.07) is 10.4. The number of benzene rings is 3. The molecule has 2 heterocycles. The Kier molecular flexibility index (Phi) is 5.66. The summed E-state index contributed by atoms with van der Waals surface area (Å²) < 4.78 is 75.5. The van der Waals surface area contributed by atoms with Crippen LogP contribution in [-0.4, -0.2) is 30.2 Å². The molecule has 36 heavy (non-hydrogen) atoms. The molecule has 13 heteroatoms. The van der Waals surface area contributed by atoms with Crippen LogP contribution in [0.4, 0.5) is 22.0 Å². The lowest BCUT2D eigenvalue weighted by Gasteiger charge is -2.15. The highest BCUT2D eigenvalue weighted by Gasteiger charge is 2.35. The van der Waals surface area contributed by atoms with E-state index in [1.54, 1.807) is 0 Å². The zero-order valence-corrected chi connectivity index (χ0v) is 17.9. The van der Waals surface area contributed by atoms with E-state index in [2.05, 4.69) is 25.6 Å². The van der Waals surface area contributed by atoms with E-state index >= 15 is 0 Å². The maximum absolute atomic E-state index is 14.1. The molecule has 0 radical (unpaired) electrons. The van der Waals surface area contributed by atoms with Crippen LogP contribution in [0.2, 0.25) is 0 Å². The van der Waals surface area contributed by atoms with E-state index in [1.807, 2.05) is 0 Å². The Bertz CT molecular complexity index is 1630. The molecule has 0 unspecified atom stereocenters. The number of alkyl halides is 3. The average molecular weight is 500 g/mol. The average Bonchev–Trinajstić information content (AvgIpc) is 3.37. The lowest BCUT2D eigenvalue weighted by Crippen LogP contribution is -2.14. The quantitative estimate of drug-likeness (QED) is 0.351. The highest BCUT2D eigenvalue weighted by Crippen LogP contribution is 2.40. The fourth-order valence-electron chi connectivity index (χ4n) is 3.60. The molecule has 0 fully saturated rings. The molecule has 5 rings (SSSR count). The largest absolute Gasteiger partial charge is 0.457 e. The van der Waals surface area contributed by atoms with Crippen molar-refractivity contribution in [1.29, 1.82) is 0 Å². The fraction of sp³-hybridized carbons (Fsp3) is 0.0870. The van der Waals surface area contributed by atoms with E-state index in [4.69, 9.17) is 4.74 Å². The van der Waals surface area contributed by atoms with Crippen molar-refractivity contribution in [3.05, 3.63) is 94.0 Å². The van der Waals surface area contributed by atoms with Gasteiger partial charge in [-0.2, -0.15) is 23.4 Å². The molecule has 0 saturated carbocycles. The standard InChI is InChI=1S/C23H13F5N6O2/c24-14-3-1-13(18(25)8-14)10-34-11-29-22(35)16-9-15(4-5-19(16)34)36-20-6-2-12(21-30-32-33-31-21)7-17(20)23(26,27)28/h1-9,11H,10H2,(H,30,31,32,33). The first-order valence-corrected chi connectivity index (χ1v) is 10.2. The van der Waals surface area contributed by atoms with E-state index in [1.165, 1.54) is 41.2 Å². The Morgan fingerprint density at radius 1 is 1.00 bits per heavy atom. The number of ether oxygens (including phenoxy) is 1. The number of H-pyrrole nitrogens is 1. The molecule has 0 bridgehead atoms. The molecule has 3 aromatic carbocycles. The van der Waals surface area contributed by atoms with Gasteiger partial charge in [-0.05, 0) is 47.7 Å². The van der Waals surface area contributed by atoms with Crippen LogP contribution >= 0.6 is 0 Å². The Hall–Kier alpha value is -4.68. The number of halogens is 5. The van der Waals surface area contributed by atoms with E-state index in [-0.39, 0.29) is 34.6 Å². The molecule has 0 saturated heterocycles. The van der Waals surface area contributed by atoms with Gasteiger partial charge in [-0.15, -0.1) is 10.2 Å². The summed E-state index contributed by atoms with van der Waals surface area (Å²) in [5.41, 5.74) is -1.19. The second kappa shape index (κ2) is 8.83. The van der Waals surface area contributed by atoms with Crippen LogP contribution < -0.4 is 10.3 Å². The van der Waals surface area contributed by atoms with Crippen molar-refractivity contribution >= 4 is 10.9 Å².